The van der Waals surface area contributed by atoms with Gasteiger partial charge in [0.15, 0.2) is 10.8 Å². The van der Waals surface area contributed by atoms with Crippen molar-refractivity contribution in [2.24, 2.45) is 4.99 Å². The average molecular weight is 594 g/mol. The molecule has 8 nitrogen and oxygen atoms in total. The molecular weight excluding hydrogens is 563 g/mol. The van der Waals surface area contributed by atoms with Crippen LogP contribution in [0.4, 0.5) is 4.39 Å². The number of amidine groups is 1. The van der Waals surface area contributed by atoms with Gasteiger partial charge in [0.1, 0.15) is 17.6 Å². The van der Waals surface area contributed by atoms with Crippen molar-refractivity contribution in [2.45, 2.75) is 45.3 Å². The van der Waals surface area contributed by atoms with Crippen molar-refractivity contribution in [3.63, 3.8) is 0 Å². The molecule has 2 aromatic rings. The van der Waals surface area contributed by atoms with Gasteiger partial charge in [-0.2, -0.15) is 0 Å². The molecule has 2 unspecified atom stereocenters. The summed E-state index contributed by atoms with van der Waals surface area (Å²) >= 11 is 4.89. The number of nitrogens with one attached hydrogen (secondary N) is 1. The smallest absolute Gasteiger partial charge is 0.338 e. The van der Waals surface area contributed by atoms with E-state index >= 15 is 0 Å². The number of aliphatic imine (C=N–C) groups is 1. The van der Waals surface area contributed by atoms with Crippen LogP contribution in [0.25, 0.3) is 0 Å². The topological polar surface area (TPSA) is 93.1 Å². The zero-order valence-electron chi connectivity index (χ0n) is 20.8. The number of hydrogen-bond donors (Lipinski definition) is 1. The number of morpholine rings is 1. The second kappa shape index (κ2) is 12.9. The Bertz CT molecular complexity index is 1190. The minimum absolute atomic E-state index is 0.0615. The Kier molecular flexibility index (Phi) is 9.58. The normalized spacial score (nSPS) is 20.4. The fourth-order valence-electron chi connectivity index (χ4n) is 4.39. The van der Waals surface area contributed by atoms with Crippen LogP contribution in [0.1, 0.15) is 49.7 Å². The first-order valence-corrected chi connectivity index (χ1v) is 14.0. The van der Waals surface area contributed by atoms with Crippen molar-refractivity contribution in [3.8, 4) is 0 Å². The van der Waals surface area contributed by atoms with Gasteiger partial charge >= 0.3 is 5.97 Å². The summed E-state index contributed by atoms with van der Waals surface area (Å²) in [7, 11) is 0. The van der Waals surface area contributed by atoms with Crippen LogP contribution in [0.2, 0.25) is 0 Å². The van der Waals surface area contributed by atoms with E-state index in [0.717, 1.165) is 0 Å². The maximum atomic E-state index is 13.9. The van der Waals surface area contributed by atoms with Gasteiger partial charge in [0.05, 0.1) is 24.9 Å². The molecule has 0 saturated carbocycles. The van der Waals surface area contributed by atoms with E-state index in [-0.39, 0.29) is 18.5 Å². The summed E-state index contributed by atoms with van der Waals surface area (Å²) in [4.78, 5) is 36.6. The Morgan fingerprint density at radius 2 is 2.19 bits per heavy atom. The fraction of sp³-hybridized carbons (Fsp3) is 0.462. The van der Waals surface area contributed by atoms with Crippen LogP contribution in [-0.4, -0.2) is 66.4 Å². The van der Waals surface area contributed by atoms with E-state index in [9.17, 15) is 14.0 Å². The minimum atomic E-state index is -0.719. The van der Waals surface area contributed by atoms with Gasteiger partial charge in [-0.1, -0.05) is 28.9 Å². The number of ketones is 1. The number of thiazole rings is 1. The largest absolute Gasteiger partial charge is 0.463 e. The Balaban J connectivity index is 1.69. The number of halogens is 2. The van der Waals surface area contributed by atoms with Gasteiger partial charge in [0.2, 0.25) is 0 Å². The van der Waals surface area contributed by atoms with Crippen LogP contribution in [0.15, 0.2) is 50.5 Å². The first kappa shape index (κ1) is 27.6. The van der Waals surface area contributed by atoms with Gasteiger partial charge in [0.25, 0.3) is 0 Å². The summed E-state index contributed by atoms with van der Waals surface area (Å²) < 4.78 is 25.8. The molecule has 0 aliphatic carbocycles. The van der Waals surface area contributed by atoms with Gasteiger partial charge in [0, 0.05) is 54.2 Å². The second-order valence-electron chi connectivity index (χ2n) is 8.78. The summed E-state index contributed by atoms with van der Waals surface area (Å²) in [6.45, 7) is 6.10. The number of aromatic nitrogens is 1. The van der Waals surface area contributed by atoms with Crippen molar-refractivity contribution < 1.29 is 23.5 Å². The molecule has 3 heterocycles. The highest BCUT2D eigenvalue weighted by Crippen LogP contribution is 2.37. The lowest BCUT2D eigenvalue weighted by Gasteiger charge is -2.35. The monoisotopic (exact) mass is 592 g/mol. The van der Waals surface area contributed by atoms with Gasteiger partial charge < -0.3 is 14.8 Å². The van der Waals surface area contributed by atoms with Crippen molar-refractivity contribution in [1.82, 2.24) is 15.2 Å². The van der Waals surface area contributed by atoms with Crippen LogP contribution in [0.5, 0.6) is 0 Å². The fourth-order valence-corrected chi connectivity index (χ4v) is 5.54. The number of carbonyl (C=O) groups is 2. The number of nitrogens with zero attached hydrogens (tertiary/aromatic N) is 3. The SMILES string of the molecule is CCOC(=O)C1=C(CN2CCOC(CCC(=O)CC)C2)NC(c2nccs2)=NC1c1ccc(F)cc1Br. The van der Waals surface area contributed by atoms with Gasteiger partial charge in [-0.25, -0.2) is 14.2 Å². The van der Waals surface area contributed by atoms with E-state index in [1.165, 1.54) is 23.5 Å². The molecule has 1 aromatic heterocycles. The molecule has 198 valence electrons. The molecule has 2 atom stereocenters. The lowest BCUT2D eigenvalue weighted by Crippen LogP contribution is -2.46. The highest BCUT2D eigenvalue weighted by atomic mass is 79.9. The predicted octanol–water partition coefficient (Wildman–Crippen LogP) is 4.41. The second-order valence-corrected chi connectivity index (χ2v) is 10.5. The van der Waals surface area contributed by atoms with E-state index in [0.29, 0.717) is 77.7 Å². The molecular formula is C26H30BrFN4O4S. The third kappa shape index (κ3) is 6.90. The molecule has 0 spiro atoms. The number of Topliss-reactive ketones (excluding diaryl/α,β-unsaturated/α-hetero) is 1. The highest BCUT2D eigenvalue weighted by molar-refractivity contribution is 9.10. The van der Waals surface area contributed by atoms with E-state index in [1.807, 2.05) is 12.3 Å². The number of carbonyl (C=O) groups excluding carboxylic acids is 2. The van der Waals surface area contributed by atoms with E-state index in [4.69, 9.17) is 14.5 Å². The summed E-state index contributed by atoms with van der Waals surface area (Å²) in [5.74, 6) is -0.111. The van der Waals surface area contributed by atoms with Crippen molar-refractivity contribution in [3.05, 3.63) is 61.9 Å². The lowest BCUT2D eigenvalue weighted by atomic mass is 9.95. The van der Waals surface area contributed by atoms with Crippen molar-refractivity contribution >= 4 is 44.9 Å². The number of esters is 1. The summed E-state index contributed by atoms with van der Waals surface area (Å²) in [6.07, 6.45) is 3.31. The molecule has 1 aromatic carbocycles. The molecule has 2 aliphatic heterocycles. The third-order valence-electron chi connectivity index (χ3n) is 6.26. The number of ether oxygens (including phenoxy) is 2. The van der Waals surface area contributed by atoms with Gasteiger partial charge in [-0.05, 0) is 31.0 Å². The Labute approximate surface area is 228 Å². The first-order valence-electron chi connectivity index (χ1n) is 12.3. The summed E-state index contributed by atoms with van der Waals surface area (Å²) in [5, 5.41) is 5.89. The van der Waals surface area contributed by atoms with Crippen LogP contribution < -0.4 is 5.32 Å². The Hall–Kier alpha value is -2.47. The van der Waals surface area contributed by atoms with E-state index in [2.05, 4.69) is 31.1 Å². The quantitative estimate of drug-likeness (QED) is 0.408. The standard InChI is InChI=1S/C26H30BrFN4O4S/c1-3-17(33)6-7-18-14-32(10-11-36-18)15-21-22(26(34)35-4-2)23(19-8-5-16(28)13-20(19)27)31-24(30-21)25-29-9-12-37-25/h5,8-9,12-13,18,23H,3-4,6-7,10-11,14-15H2,1-2H3,(H,30,31). The molecule has 0 bridgehead atoms. The van der Waals surface area contributed by atoms with Gasteiger partial charge in [-0.15, -0.1) is 11.3 Å². The first-order chi connectivity index (χ1) is 17.9. The summed E-state index contributed by atoms with van der Waals surface area (Å²) in [5.41, 5.74) is 1.68. The molecule has 11 heteroatoms. The van der Waals surface area contributed by atoms with Crippen LogP contribution in [-0.2, 0) is 19.1 Å². The predicted molar refractivity (Wildman–Crippen MR) is 143 cm³/mol. The molecule has 2 aliphatic rings. The zero-order chi connectivity index (χ0) is 26.4. The van der Waals surface area contributed by atoms with Gasteiger partial charge in [-0.3, -0.25) is 14.7 Å². The van der Waals surface area contributed by atoms with Crippen LogP contribution in [0.3, 0.4) is 0 Å². The van der Waals surface area contributed by atoms with Crippen molar-refractivity contribution in [1.29, 1.82) is 0 Å². The molecule has 0 amide bonds. The molecule has 1 saturated heterocycles. The van der Waals surface area contributed by atoms with E-state index in [1.54, 1.807) is 19.2 Å². The number of rotatable bonds is 10. The van der Waals surface area contributed by atoms with Crippen LogP contribution in [0, 0.1) is 5.82 Å². The highest BCUT2D eigenvalue weighted by Gasteiger charge is 2.35. The summed E-state index contributed by atoms with van der Waals surface area (Å²) in [6, 6.07) is 3.63. The molecule has 1 fully saturated rings. The lowest BCUT2D eigenvalue weighted by molar-refractivity contribution is -0.139. The zero-order valence-corrected chi connectivity index (χ0v) is 23.2. The maximum absolute atomic E-state index is 13.9. The average Bonchev–Trinajstić information content (AvgIpc) is 3.42. The van der Waals surface area contributed by atoms with E-state index < -0.39 is 17.8 Å². The molecule has 4 rings (SSSR count). The Morgan fingerprint density at radius 3 is 2.89 bits per heavy atom. The maximum Gasteiger partial charge on any atom is 0.338 e. The molecule has 1 N–H and O–H groups in total. The minimum Gasteiger partial charge on any atom is -0.463 e. The Morgan fingerprint density at radius 1 is 1.35 bits per heavy atom. The third-order valence-corrected chi connectivity index (χ3v) is 7.72. The van der Waals surface area contributed by atoms with Crippen molar-refractivity contribution in [2.75, 3.05) is 32.8 Å². The van der Waals surface area contributed by atoms with Crippen LogP contribution >= 0.6 is 27.3 Å². The number of benzene rings is 1. The number of hydrogen-bond acceptors (Lipinski definition) is 9. The molecule has 0 radical (unpaired) electrons. The molecule has 37 heavy (non-hydrogen) atoms.